The van der Waals surface area contributed by atoms with E-state index in [1.165, 1.54) is 48.5 Å². The van der Waals surface area contributed by atoms with Crippen LogP contribution in [0.15, 0.2) is 60.7 Å². The lowest BCUT2D eigenvalue weighted by molar-refractivity contribution is -0.118. The van der Waals surface area contributed by atoms with Gasteiger partial charge in [0.25, 0.3) is 0 Å². The number of halogens is 4. The van der Waals surface area contributed by atoms with E-state index < -0.39 is 53.5 Å². The molecule has 40 heavy (non-hydrogen) atoms. The molecule has 212 valence electrons. The second-order valence-electron chi connectivity index (χ2n) is 11.3. The van der Waals surface area contributed by atoms with E-state index in [1.807, 2.05) is 20.8 Å². The van der Waals surface area contributed by atoms with Crippen molar-refractivity contribution in [3.63, 3.8) is 0 Å². The largest absolute Gasteiger partial charge is 0.388 e. The van der Waals surface area contributed by atoms with E-state index >= 15 is 8.78 Å². The fraction of sp³-hybridized carbons (Fsp3) is 0.333. The van der Waals surface area contributed by atoms with Crippen LogP contribution in [0.2, 0.25) is 10.0 Å². The van der Waals surface area contributed by atoms with Gasteiger partial charge in [-0.2, -0.15) is 0 Å². The van der Waals surface area contributed by atoms with Crippen molar-refractivity contribution in [2.45, 2.75) is 50.7 Å². The van der Waals surface area contributed by atoms with E-state index in [-0.39, 0.29) is 32.2 Å². The minimum absolute atomic E-state index is 0.0669. The molecule has 0 bridgehead atoms. The summed E-state index contributed by atoms with van der Waals surface area (Å²) >= 11 is 12.2. The number of amides is 1. The average molecular weight is 590 g/mol. The number of hydrogen-bond acceptors (Lipinski definition) is 5. The molecule has 1 heterocycles. The number of aliphatic hydroxyl groups excluding tert-OH is 1. The van der Waals surface area contributed by atoms with Crippen LogP contribution < -0.4 is 16.4 Å². The van der Waals surface area contributed by atoms with Crippen LogP contribution in [0, 0.1) is 17.0 Å². The molecule has 0 spiro atoms. The first-order valence-electron chi connectivity index (χ1n) is 12.8. The molecule has 0 radical (unpaired) electrons. The molecule has 1 aliphatic rings. The van der Waals surface area contributed by atoms with E-state index in [2.05, 4.69) is 10.6 Å². The molecule has 0 aromatic heterocycles. The maximum Gasteiger partial charge on any atom is 0.242 e. The highest BCUT2D eigenvalue weighted by Gasteiger charge is 2.58. The summed E-state index contributed by atoms with van der Waals surface area (Å²) in [6.45, 7) is 5.33. The summed E-state index contributed by atoms with van der Waals surface area (Å²) in [7, 11) is 0. The standard InChI is InChI=1S/C30H31Cl2F2N3O3/c1-29(2,3)14-24-30(35,20-12-9-17(31)13-22(20)33)25(19-5-4-6-21(32)26(19)34)27(37-24)28(40)36-18-10-7-16(8-11-18)23(39)15-38/h4-13,24-25,27,37-38H,14-15,35H2,1-3H3,(H,36,40)/t24-,25-,27+,30+/m0/s1. The third kappa shape index (κ3) is 5.92. The van der Waals surface area contributed by atoms with Crippen molar-refractivity contribution in [1.29, 1.82) is 0 Å². The second kappa shape index (κ2) is 11.5. The number of hydrogen-bond donors (Lipinski definition) is 4. The Hall–Kier alpha value is -2.88. The van der Waals surface area contributed by atoms with Crippen molar-refractivity contribution < 1.29 is 23.5 Å². The highest BCUT2D eigenvalue weighted by molar-refractivity contribution is 6.31. The Kier molecular flexibility index (Phi) is 8.68. The lowest BCUT2D eigenvalue weighted by Gasteiger charge is -2.40. The number of Topliss-reactive ketones (excluding diaryl/α,β-unsaturated/α-hetero) is 1. The summed E-state index contributed by atoms with van der Waals surface area (Å²) in [5.74, 6) is -3.50. The minimum atomic E-state index is -1.59. The molecule has 1 saturated heterocycles. The normalized spacial score (nSPS) is 22.8. The Morgan fingerprint density at radius 2 is 1.75 bits per heavy atom. The monoisotopic (exact) mass is 589 g/mol. The van der Waals surface area contributed by atoms with E-state index in [0.717, 1.165) is 6.07 Å². The van der Waals surface area contributed by atoms with Crippen LogP contribution in [-0.4, -0.2) is 35.5 Å². The van der Waals surface area contributed by atoms with Crippen molar-refractivity contribution in [3.05, 3.63) is 99.0 Å². The fourth-order valence-corrected chi connectivity index (χ4v) is 5.80. The Morgan fingerprint density at radius 1 is 1.07 bits per heavy atom. The van der Waals surface area contributed by atoms with Gasteiger partial charge in [-0.1, -0.05) is 62.2 Å². The first-order valence-corrected chi connectivity index (χ1v) is 13.5. The van der Waals surface area contributed by atoms with Crippen molar-refractivity contribution in [3.8, 4) is 0 Å². The SMILES string of the molecule is CC(C)(C)C[C@@H]1N[C@@H](C(=O)Nc2ccc(C(=O)CO)cc2)[C@H](c2cccc(Cl)c2F)[C@@]1(N)c1ccc(Cl)cc1F. The highest BCUT2D eigenvalue weighted by Crippen LogP contribution is 2.50. The molecular weight excluding hydrogens is 559 g/mol. The zero-order chi connectivity index (χ0) is 29.4. The molecule has 4 atom stereocenters. The quantitative estimate of drug-likeness (QED) is 0.261. The molecule has 5 N–H and O–H groups in total. The summed E-state index contributed by atoms with van der Waals surface area (Å²) in [6.07, 6.45) is 0.423. The molecule has 0 unspecified atom stereocenters. The van der Waals surface area contributed by atoms with Gasteiger partial charge in [0.15, 0.2) is 5.78 Å². The Balaban J connectivity index is 1.85. The zero-order valence-corrected chi connectivity index (χ0v) is 23.8. The van der Waals surface area contributed by atoms with Gasteiger partial charge in [-0.05, 0) is 59.9 Å². The summed E-state index contributed by atoms with van der Waals surface area (Å²) in [5.41, 5.74) is 6.08. The smallest absolute Gasteiger partial charge is 0.242 e. The molecule has 6 nitrogen and oxygen atoms in total. The number of carbonyl (C=O) groups excluding carboxylic acids is 2. The number of nitrogens with one attached hydrogen (secondary N) is 2. The molecule has 10 heteroatoms. The summed E-state index contributed by atoms with van der Waals surface area (Å²) in [6, 6.07) is 12.8. The number of benzene rings is 3. The minimum Gasteiger partial charge on any atom is -0.388 e. The van der Waals surface area contributed by atoms with Gasteiger partial charge in [-0.3, -0.25) is 9.59 Å². The van der Waals surface area contributed by atoms with Crippen molar-refractivity contribution >= 4 is 40.6 Å². The van der Waals surface area contributed by atoms with Crippen molar-refractivity contribution in [1.82, 2.24) is 5.32 Å². The first kappa shape index (κ1) is 30.1. The van der Waals surface area contributed by atoms with Gasteiger partial charge in [-0.25, -0.2) is 8.78 Å². The topological polar surface area (TPSA) is 104 Å². The number of anilines is 1. The van der Waals surface area contributed by atoms with Gasteiger partial charge >= 0.3 is 0 Å². The first-order chi connectivity index (χ1) is 18.8. The lowest BCUT2D eigenvalue weighted by atomic mass is 9.68. The molecule has 0 aliphatic carbocycles. The highest BCUT2D eigenvalue weighted by atomic mass is 35.5. The van der Waals surface area contributed by atoms with Crippen molar-refractivity contribution in [2.24, 2.45) is 11.1 Å². The predicted octanol–water partition coefficient (Wildman–Crippen LogP) is 5.80. The number of aliphatic hydroxyl groups is 1. The molecule has 1 aliphatic heterocycles. The Bertz CT molecular complexity index is 1430. The molecule has 1 amide bonds. The summed E-state index contributed by atoms with van der Waals surface area (Å²) in [4.78, 5) is 25.6. The van der Waals surface area contributed by atoms with Gasteiger partial charge in [0, 0.05) is 33.8 Å². The molecule has 0 saturated carbocycles. The van der Waals surface area contributed by atoms with Crippen molar-refractivity contribution in [2.75, 3.05) is 11.9 Å². The molecule has 3 aromatic rings. The number of ketones is 1. The molecule has 3 aromatic carbocycles. The van der Waals surface area contributed by atoms with Gasteiger partial charge in [-0.15, -0.1) is 0 Å². The Morgan fingerprint density at radius 3 is 2.35 bits per heavy atom. The van der Waals surface area contributed by atoms with E-state index in [4.69, 9.17) is 34.0 Å². The summed E-state index contributed by atoms with van der Waals surface area (Å²) < 4.78 is 31.2. The van der Waals surface area contributed by atoms with E-state index in [1.54, 1.807) is 6.07 Å². The van der Waals surface area contributed by atoms with Gasteiger partial charge in [0.05, 0.1) is 16.6 Å². The summed E-state index contributed by atoms with van der Waals surface area (Å²) in [5, 5.41) is 15.2. The molecular formula is C30H31Cl2F2N3O3. The van der Waals surface area contributed by atoms with E-state index in [0.29, 0.717) is 12.1 Å². The maximum absolute atomic E-state index is 15.6. The molecule has 1 fully saturated rings. The zero-order valence-electron chi connectivity index (χ0n) is 22.3. The molecule has 4 rings (SSSR count). The van der Waals surface area contributed by atoms with Crippen LogP contribution in [0.25, 0.3) is 0 Å². The van der Waals surface area contributed by atoms with Crippen LogP contribution in [-0.2, 0) is 10.3 Å². The number of nitrogens with two attached hydrogens (primary N) is 1. The van der Waals surface area contributed by atoms with Crippen LogP contribution in [0.5, 0.6) is 0 Å². The predicted molar refractivity (Wildman–Crippen MR) is 153 cm³/mol. The fourth-order valence-electron chi connectivity index (χ4n) is 5.45. The van der Waals surface area contributed by atoms with Crippen LogP contribution in [0.4, 0.5) is 14.5 Å². The average Bonchev–Trinajstić information content (AvgIpc) is 3.16. The Labute approximate surface area is 241 Å². The van der Waals surface area contributed by atoms with Gasteiger partial charge < -0.3 is 21.5 Å². The third-order valence-corrected chi connectivity index (χ3v) is 7.76. The van der Waals surface area contributed by atoms with E-state index in [9.17, 15) is 9.59 Å². The lowest BCUT2D eigenvalue weighted by Crippen LogP contribution is -2.52. The number of carbonyl (C=O) groups is 2. The third-order valence-electron chi connectivity index (χ3n) is 7.24. The number of rotatable bonds is 7. The second-order valence-corrected chi connectivity index (χ2v) is 12.1. The van der Waals surface area contributed by atoms with Gasteiger partial charge in [0.1, 0.15) is 18.2 Å². The van der Waals surface area contributed by atoms with Crippen LogP contribution in [0.3, 0.4) is 0 Å². The van der Waals surface area contributed by atoms with Gasteiger partial charge in [0.2, 0.25) is 5.91 Å². The van der Waals surface area contributed by atoms with Crippen LogP contribution >= 0.6 is 23.2 Å². The maximum atomic E-state index is 15.6. The van der Waals surface area contributed by atoms with Crippen LogP contribution in [0.1, 0.15) is 54.6 Å².